The van der Waals surface area contributed by atoms with Gasteiger partial charge < -0.3 is 15.4 Å². The first-order chi connectivity index (χ1) is 11.6. The van der Waals surface area contributed by atoms with Crippen LogP contribution in [0.25, 0.3) is 0 Å². The molecule has 1 aromatic carbocycles. The highest BCUT2D eigenvalue weighted by molar-refractivity contribution is 5.92. The number of amides is 1. The van der Waals surface area contributed by atoms with Crippen LogP contribution in [0.2, 0.25) is 0 Å². The lowest BCUT2D eigenvalue weighted by atomic mass is 10.1. The van der Waals surface area contributed by atoms with Crippen molar-refractivity contribution in [1.82, 2.24) is 10.3 Å². The lowest BCUT2D eigenvalue weighted by molar-refractivity contribution is 0.0947. The Morgan fingerprint density at radius 3 is 2.42 bits per heavy atom. The fourth-order valence-corrected chi connectivity index (χ4v) is 2.13. The molecule has 1 amide bonds. The van der Waals surface area contributed by atoms with E-state index in [1.54, 1.807) is 12.3 Å². The van der Waals surface area contributed by atoms with E-state index in [-0.39, 0.29) is 5.91 Å². The minimum absolute atomic E-state index is 0.136. The molecule has 2 N–H and O–H groups in total. The first kappa shape index (κ1) is 17.8. The lowest BCUT2D eigenvalue weighted by Crippen LogP contribution is -2.26. The van der Waals surface area contributed by atoms with Crippen LogP contribution in [-0.4, -0.2) is 24.0 Å². The van der Waals surface area contributed by atoms with Crippen molar-refractivity contribution in [3.05, 3.63) is 48.3 Å². The monoisotopic (exact) mass is 327 g/mol. The number of nitrogens with zero attached hydrogens (tertiary/aromatic N) is 1. The van der Waals surface area contributed by atoms with Crippen LogP contribution >= 0.6 is 0 Å². The SMILES string of the molecule is CCOc1ccc(Nc2ccc(C(=O)NCCC(C)C)nc2)cc1. The van der Waals surface area contributed by atoms with Gasteiger partial charge in [-0.2, -0.15) is 0 Å². The van der Waals surface area contributed by atoms with E-state index in [2.05, 4.69) is 29.5 Å². The van der Waals surface area contributed by atoms with Gasteiger partial charge in [0.1, 0.15) is 11.4 Å². The number of benzene rings is 1. The molecular formula is C19H25N3O2. The second-order valence-electron chi connectivity index (χ2n) is 5.95. The van der Waals surface area contributed by atoms with Gasteiger partial charge in [-0.1, -0.05) is 13.8 Å². The highest BCUT2D eigenvalue weighted by Gasteiger charge is 2.07. The molecule has 0 saturated heterocycles. The van der Waals surface area contributed by atoms with E-state index in [0.717, 1.165) is 23.5 Å². The summed E-state index contributed by atoms with van der Waals surface area (Å²) < 4.78 is 5.42. The van der Waals surface area contributed by atoms with E-state index in [4.69, 9.17) is 4.74 Å². The molecule has 0 aliphatic heterocycles. The van der Waals surface area contributed by atoms with Crippen molar-refractivity contribution >= 4 is 17.3 Å². The summed E-state index contributed by atoms with van der Waals surface area (Å²) in [5.41, 5.74) is 2.20. The van der Waals surface area contributed by atoms with Crippen molar-refractivity contribution in [3.63, 3.8) is 0 Å². The Balaban J connectivity index is 1.90. The Labute approximate surface area is 143 Å². The predicted molar refractivity (Wildman–Crippen MR) is 96.9 cm³/mol. The number of pyridine rings is 1. The third-order valence-electron chi connectivity index (χ3n) is 3.46. The van der Waals surface area contributed by atoms with Crippen molar-refractivity contribution in [3.8, 4) is 5.75 Å². The number of anilines is 2. The molecule has 0 aliphatic carbocycles. The molecule has 128 valence electrons. The summed E-state index contributed by atoms with van der Waals surface area (Å²) in [5, 5.41) is 6.13. The predicted octanol–water partition coefficient (Wildman–Crippen LogP) is 4.00. The molecule has 0 fully saturated rings. The summed E-state index contributed by atoms with van der Waals surface area (Å²) in [6.07, 6.45) is 2.62. The van der Waals surface area contributed by atoms with Crippen molar-refractivity contribution < 1.29 is 9.53 Å². The minimum atomic E-state index is -0.136. The zero-order valence-electron chi connectivity index (χ0n) is 14.5. The standard InChI is InChI=1S/C19H25N3O2/c1-4-24-17-8-5-15(6-9-17)22-16-7-10-18(21-13-16)19(23)20-12-11-14(2)3/h5-10,13-14,22H,4,11-12H2,1-3H3,(H,20,23). The van der Waals surface area contributed by atoms with E-state index in [9.17, 15) is 4.79 Å². The molecule has 24 heavy (non-hydrogen) atoms. The van der Waals surface area contributed by atoms with Crippen LogP contribution in [0, 0.1) is 5.92 Å². The number of carbonyl (C=O) groups excluding carboxylic acids is 1. The number of hydrogen-bond acceptors (Lipinski definition) is 4. The zero-order chi connectivity index (χ0) is 17.4. The van der Waals surface area contributed by atoms with Crippen molar-refractivity contribution in [2.75, 3.05) is 18.5 Å². The van der Waals surface area contributed by atoms with Gasteiger partial charge in [-0.25, -0.2) is 4.98 Å². The van der Waals surface area contributed by atoms with Crippen LogP contribution in [0.15, 0.2) is 42.6 Å². The summed E-state index contributed by atoms with van der Waals surface area (Å²) in [7, 11) is 0. The average Bonchev–Trinajstić information content (AvgIpc) is 2.57. The van der Waals surface area contributed by atoms with E-state index >= 15 is 0 Å². The Bertz CT molecular complexity index is 637. The fourth-order valence-electron chi connectivity index (χ4n) is 2.13. The van der Waals surface area contributed by atoms with Crippen molar-refractivity contribution in [2.45, 2.75) is 27.2 Å². The minimum Gasteiger partial charge on any atom is -0.494 e. The number of carbonyl (C=O) groups is 1. The van der Waals surface area contributed by atoms with Crippen LogP contribution in [-0.2, 0) is 0 Å². The second kappa shape index (κ2) is 8.91. The molecule has 2 aromatic rings. The van der Waals surface area contributed by atoms with Crippen LogP contribution in [0.5, 0.6) is 5.75 Å². The first-order valence-electron chi connectivity index (χ1n) is 8.32. The van der Waals surface area contributed by atoms with E-state index in [1.165, 1.54) is 0 Å². The van der Waals surface area contributed by atoms with Crippen molar-refractivity contribution in [2.24, 2.45) is 5.92 Å². The van der Waals surface area contributed by atoms with Gasteiger partial charge in [0.25, 0.3) is 5.91 Å². The Morgan fingerprint density at radius 2 is 1.83 bits per heavy atom. The maximum atomic E-state index is 12.0. The highest BCUT2D eigenvalue weighted by Crippen LogP contribution is 2.19. The van der Waals surface area contributed by atoms with Crippen LogP contribution < -0.4 is 15.4 Å². The number of aromatic nitrogens is 1. The van der Waals surface area contributed by atoms with Crippen molar-refractivity contribution in [1.29, 1.82) is 0 Å². The summed E-state index contributed by atoms with van der Waals surface area (Å²) in [6, 6.07) is 11.3. The summed E-state index contributed by atoms with van der Waals surface area (Å²) in [6.45, 7) is 7.54. The van der Waals surface area contributed by atoms with Crippen LogP contribution in [0.3, 0.4) is 0 Å². The average molecular weight is 327 g/mol. The highest BCUT2D eigenvalue weighted by atomic mass is 16.5. The Kier molecular flexibility index (Phi) is 6.61. The quantitative estimate of drug-likeness (QED) is 0.769. The number of hydrogen-bond donors (Lipinski definition) is 2. The molecule has 0 atom stereocenters. The maximum Gasteiger partial charge on any atom is 0.269 e. The van der Waals surface area contributed by atoms with Gasteiger partial charge in [-0.05, 0) is 55.7 Å². The summed E-state index contributed by atoms with van der Waals surface area (Å²) in [5.74, 6) is 1.27. The molecule has 0 aliphatic rings. The molecule has 1 aromatic heterocycles. The van der Waals surface area contributed by atoms with Gasteiger partial charge in [0.15, 0.2) is 0 Å². The molecule has 0 unspecified atom stereocenters. The molecule has 5 nitrogen and oxygen atoms in total. The van der Waals surface area contributed by atoms with Gasteiger partial charge in [0.2, 0.25) is 0 Å². The summed E-state index contributed by atoms with van der Waals surface area (Å²) in [4.78, 5) is 16.2. The number of ether oxygens (including phenoxy) is 1. The number of rotatable bonds is 8. The Hall–Kier alpha value is -2.56. The molecule has 5 heteroatoms. The first-order valence-corrected chi connectivity index (χ1v) is 8.32. The molecule has 0 saturated carbocycles. The summed E-state index contributed by atoms with van der Waals surface area (Å²) >= 11 is 0. The third kappa shape index (κ3) is 5.57. The largest absolute Gasteiger partial charge is 0.494 e. The third-order valence-corrected chi connectivity index (χ3v) is 3.46. The van der Waals surface area contributed by atoms with Crippen LogP contribution in [0.4, 0.5) is 11.4 Å². The van der Waals surface area contributed by atoms with Gasteiger partial charge in [-0.3, -0.25) is 4.79 Å². The van der Waals surface area contributed by atoms with Gasteiger partial charge in [0, 0.05) is 12.2 Å². The zero-order valence-corrected chi connectivity index (χ0v) is 14.5. The molecule has 2 rings (SSSR count). The molecule has 0 radical (unpaired) electrons. The van der Waals surface area contributed by atoms with E-state index in [1.807, 2.05) is 37.3 Å². The smallest absolute Gasteiger partial charge is 0.269 e. The van der Waals surface area contributed by atoms with Gasteiger partial charge >= 0.3 is 0 Å². The second-order valence-corrected chi connectivity index (χ2v) is 5.95. The lowest BCUT2D eigenvalue weighted by Gasteiger charge is -2.09. The number of nitrogens with one attached hydrogen (secondary N) is 2. The topological polar surface area (TPSA) is 63.2 Å². The van der Waals surface area contributed by atoms with Gasteiger partial charge in [-0.15, -0.1) is 0 Å². The Morgan fingerprint density at radius 1 is 1.12 bits per heavy atom. The normalized spacial score (nSPS) is 10.5. The molecular weight excluding hydrogens is 302 g/mol. The van der Waals surface area contributed by atoms with Gasteiger partial charge in [0.05, 0.1) is 18.5 Å². The van der Waals surface area contributed by atoms with E-state index < -0.39 is 0 Å². The van der Waals surface area contributed by atoms with Crippen LogP contribution in [0.1, 0.15) is 37.7 Å². The fraction of sp³-hybridized carbons (Fsp3) is 0.368. The molecule has 1 heterocycles. The molecule has 0 spiro atoms. The molecule has 0 bridgehead atoms. The van der Waals surface area contributed by atoms with E-state index in [0.29, 0.717) is 24.8 Å². The maximum absolute atomic E-state index is 12.0.